The van der Waals surface area contributed by atoms with E-state index in [0.29, 0.717) is 5.56 Å². The highest BCUT2D eigenvalue weighted by molar-refractivity contribution is 7.91. The summed E-state index contributed by atoms with van der Waals surface area (Å²) in [6.45, 7) is 0.352. The third-order valence-electron chi connectivity index (χ3n) is 3.80. The highest BCUT2D eigenvalue weighted by Crippen LogP contribution is 2.25. The third kappa shape index (κ3) is 4.16. The minimum absolute atomic E-state index is 0.0236. The second-order valence-electron chi connectivity index (χ2n) is 5.61. The van der Waals surface area contributed by atoms with Gasteiger partial charge in [0.05, 0.1) is 4.92 Å². The molecule has 0 bridgehead atoms. The quantitative estimate of drug-likeness (QED) is 0.452. The molecule has 3 rings (SSSR count). The zero-order valence-electron chi connectivity index (χ0n) is 13.7. The van der Waals surface area contributed by atoms with Crippen LogP contribution in [0.1, 0.15) is 11.1 Å². The molecule has 0 saturated carbocycles. The molecule has 0 atom stereocenters. The van der Waals surface area contributed by atoms with Gasteiger partial charge in [0.15, 0.2) is 0 Å². The summed E-state index contributed by atoms with van der Waals surface area (Å²) in [5.74, 6) is 0. The number of hydrogen-bond donors (Lipinski definition) is 0. The van der Waals surface area contributed by atoms with E-state index in [-0.39, 0.29) is 23.0 Å². The Labute approximate surface area is 155 Å². The molecule has 26 heavy (non-hydrogen) atoms. The molecule has 0 aliphatic heterocycles. The second-order valence-corrected chi connectivity index (χ2v) is 8.73. The number of non-ortho nitro benzene ring substituents is 1. The fourth-order valence-electron chi connectivity index (χ4n) is 2.48. The smallest absolute Gasteiger partial charge is 0.258 e. The van der Waals surface area contributed by atoms with Gasteiger partial charge >= 0.3 is 0 Å². The fourth-order valence-corrected chi connectivity index (χ4v) is 5.04. The van der Waals surface area contributed by atoms with Crippen LogP contribution in [0.2, 0.25) is 0 Å². The maximum absolute atomic E-state index is 13.0. The van der Waals surface area contributed by atoms with Crippen molar-refractivity contribution in [1.82, 2.24) is 4.31 Å². The van der Waals surface area contributed by atoms with E-state index < -0.39 is 14.9 Å². The van der Waals surface area contributed by atoms with Gasteiger partial charge in [0.25, 0.3) is 15.7 Å². The molecular formula is C18H16N2O4S2. The first kappa shape index (κ1) is 18.2. The first-order chi connectivity index (χ1) is 12.5. The Balaban J connectivity index is 1.91. The molecule has 0 aliphatic rings. The Morgan fingerprint density at radius 2 is 1.50 bits per heavy atom. The third-order valence-corrected chi connectivity index (χ3v) is 6.96. The van der Waals surface area contributed by atoms with Gasteiger partial charge in [0, 0.05) is 25.2 Å². The second kappa shape index (κ2) is 7.77. The topological polar surface area (TPSA) is 80.5 Å². The van der Waals surface area contributed by atoms with Gasteiger partial charge in [-0.2, -0.15) is 4.31 Å². The summed E-state index contributed by atoms with van der Waals surface area (Å²) in [6, 6.07) is 18.5. The van der Waals surface area contributed by atoms with E-state index in [4.69, 9.17) is 0 Å². The number of nitrogens with zero attached hydrogens (tertiary/aromatic N) is 2. The van der Waals surface area contributed by atoms with Gasteiger partial charge in [-0.1, -0.05) is 48.5 Å². The van der Waals surface area contributed by atoms with Crippen LogP contribution in [0.15, 0.2) is 76.3 Å². The molecule has 0 unspecified atom stereocenters. The number of nitro groups is 1. The monoisotopic (exact) mass is 388 g/mol. The van der Waals surface area contributed by atoms with Crippen molar-refractivity contribution in [2.75, 3.05) is 0 Å². The number of sulfonamides is 1. The maximum Gasteiger partial charge on any atom is 0.269 e. The van der Waals surface area contributed by atoms with Gasteiger partial charge in [-0.05, 0) is 22.6 Å². The van der Waals surface area contributed by atoms with Crippen LogP contribution in [-0.2, 0) is 23.1 Å². The van der Waals surface area contributed by atoms with Crippen molar-refractivity contribution in [3.05, 3.63) is 93.4 Å². The minimum Gasteiger partial charge on any atom is -0.258 e. The number of benzene rings is 2. The molecule has 8 heteroatoms. The molecule has 0 spiro atoms. The van der Waals surface area contributed by atoms with Crippen molar-refractivity contribution in [1.29, 1.82) is 0 Å². The van der Waals surface area contributed by atoms with E-state index in [9.17, 15) is 18.5 Å². The Hall–Kier alpha value is -2.55. The predicted molar refractivity (Wildman–Crippen MR) is 100 cm³/mol. The van der Waals surface area contributed by atoms with Crippen molar-refractivity contribution < 1.29 is 13.3 Å². The molecule has 0 fully saturated rings. The molecule has 0 radical (unpaired) electrons. The van der Waals surface area contributed by atoms with E-state index in [1.807, 2.05) is 30.3 Å². The van der Waals surface area contributed by atoms with Gasteiger partial charge in [0.1, 0.15) is 4.21 Å². The van der Waals surface area contributed by atoms with E-state index in [0.717, 1.165) is 5.56 Å². The van der Waals surface area contributed by atoms with Crippen LogP contribution in [0.25, 0.3) is 0 Å². The maximum atomic E-state index is 13.0. The SMILES string of the molecule is O=[N+]([O-])c1ccc(CN(Cc2ccccc2)S(=O)(=O)c2cccs2)cc1. The molecule has 3 aromatic rings. The number of thiophene rings is 1. The largest absolute Gasteiger partial charge is 0.269 e. The number of nitro benzene ring substituents is 1. The predicted octanol–water partition coefficient (Wildman–Crippen LogP) is 4.05. The lowest BCUT2D eigenvalue weighted by molar-refractivity contribution is -0.384. The van der Waals surface area contributed by atoms with Gasteiger partial charge in [0.2, 0.25) is 0 Å². The van der Waals surface area contributed by atoms with E-state index in [1.165, 1.54) is 27.8 Å². The van der Waals surface area contributed by atoms with Crippen molar-refractivity contribution >= 4 is 27.0 Å². The molecule has 2 aromatic carbocycles. The Morgan fingerprint density at radius 1 is 0.885 bits per heavy atom. The lowest BCUT2D eigenvalue weighted by Gasteiger charge is -2.21. The van der Waals surface area contributed by atoms with Crippen molar-refractivity contribution in [3.8, 4) is 0 Å². The van der Waals surface area contributed by atoms with Crippen LogP contribution < -0.4 is 0 Å². The van der Waals surface area contributed by atoms with Crippen LogP contribution >= 0.6 is 11.3 Å². The number of hydrogen-bond acceptors (Lipinski definition) is 5. The summed E-state index contributed by atoms with van der Waals surface area (Å²) in [5, 5.41) is 12.5. The molecule has 134 valence electrons. The summed E-state index contributed by atoms with van der Waals surface area (Å²) in [4.78, 5) is 10.3. The number of rotatable bonds is 7. The molecule has 6 nitrogen and oxygen atoms in total. The molecule has 1 heterocycles. The lowest BCUT2D eigenvalue weighted by Crippen LogP contribution is -2.29. The Morgan fingerprint density at radius 3 is 2.04 bits per heavy atom. The van der Waals surface area contributed by atoms with Gasteiger partial charge in [-0.3, -0.25) is 10.1 Å². The highest BCUT2D eigenvalue weighted by Gasteiger charge is 2.26. The highest BCUT2D eigenvalue weighted by atomic mass is 32.2. The first-order valence-electron chi connectivity index (χ1n) is 7.78. The zero-order valence-corrected chi connectivity index (χ0v) is 15.3. The van der Waals surface area contributed by atoms with E-state index in [2.05, 4.69) is 0 Å². The summed E-state index contributed by atoms with van der Waals surface area (Å²) in [5.41, 5.74) is 1.53. The average molecular weight is 388 g/mol. The van der Waals surface area contributed by atoms with Gasteiger partial charge < -0.3 is 0 Å². The first-order valence-corrected chi connectivity index (χ1v) is 10.1. The Bertz CT molecular complexity index is 970. The normalized spacial score (nSPS) is 11.6. The van der Waals surface area contributed by atoms with Crippen molar-refractivity contribution in [2.45, 2.75) is 17.3 Å². The van der Waals surface area contributed by atoms with Crippen LogP contribution in [-0.4, -0.2) is 17.6 Å². The summed E-state index contributed by atoms with van der Waals surface area (Å²) in [6.07, 6.45) is 0. The van der Waals surface area contributed by atoms with Crippen LogP contribution in [0.5, 0.6) is 0 Å². The van der Waals surface area contributed by atoms with Gasteiger partial charge in [-0.15, -0.1) is 11.3 Å². The molecular weight excluding hydrogens is 372 g/mol. The molecule has 0 amide bonds. The fraction of sp³-hybridized carbons (Fsp3) is 0.111. The summed E-state index contributed by atoms with van der Waals surface area (Å²) >= 11 is 1.17. The summed E-state index contributed by atoms with van der Waals surface area (Å²) < 4.78 is 27.7. The standard InChI is InChI=1S/C18H16N2O4S2/c21-20(22)17-10-8-16(9-11-17)14-19(13-15-5-2-1-3-6-15)26(23,24)18-7-4-12-25-18/h1-12H,13-14H2. The average Bonchev–Trinajstić information content (AvgIpc) is 3.18. The molecule has 0 saturated heterocycles. The van der Waals surface area contributed by atoms with E-state index in [1.54, 1.807) is 29.6 Å². The van der Waals surface area contributed by atoms with Gasteiger partial charge in [-0.25, -0.2) is 8.42 Å². The molecule has 0 aliphatic carbocycles. The van der Waals surface area contributed by atoms with Crippen LogP contribution in [0.3, 0.4) is 0 Å². The molecule has 1 aromatic heterocycles. The Kier molecular flexibility index (Phi) is 5.46. The molecule has 0 N–H and O–H groups in total. The van der Waals surface area contributed by atoms with Crippen molar-refractivity contribution in [2.24, 2.45) is 0 Å². The van der Waals surface area contributed by atoms with Crippen LogP contribution in [0.4, 0.5) is 5.69 Å². The van der Waals surface area contributed by atoms with Crippen LogP contribution in [0, 0.1) is 10.1 Å². The lowest BCUT2D eigenvalue weighted by atomic mass is 10.2. The summed E-state index contributed by atoms with van der Waals surface area (Å²) in [7, 11) is -3.66. The zero-order chi connectivity index (χ0) is 18.6. The van der Waals surface area contributed by atoms with Crippen molar-refractivity contribution in [3.63, 3.8) is 0 Å². The van der Waals surface area contributed by atoms with E-state index >= 15 is 0 Å². The minimum atomic E-state index is -3.66.